The van der Waals surface area contributed by atoms with Gasteiger partial charge in [-0.05, 0) is 25.0 Å². The zero-order valence-corrected chi connectivity index (χ0v) is 11.7. The number of anilines is 2. The van der Waals surface area contributed by atoms with Crippen LogP contribution in [0.4, 0.5) is 11.8 Å². The maximum Gasteiger partial charge on any atom is 0.225 e. The van der Waals surface area contributed by atoms with Gasteiger partial charge in [0.2, 0.25) is 11.8 Å². The van der Waals surface area contributed by atoms with Gasteiger partial charge in [0.25, 0.3) is 0 Å². The summed E-state index contributed by atoms with van der Waals surface area (Å²) >= 11 is 2.04. The van der Waals surface area contributed by atoms with Gasteiger partial charge in [0.1, 0.15) is 5.82 Å². The van der Waals surface area contributed by atoms with Crippen molar-refractivity contribution in [3.05, 3.63) is 6.07 Å². The van der Waals surface area contributed by atoms with Crippen molar-refractivity contribution in [1.29, 1.82) is 0 Å². The SMILES string of the molecule is CCSC1CCC(Nc2cc(OC)nc(N)n2)C1. The molecule has 1 fully saturated rings. The van der Waals surface area contributed by atoms with Crippen LogP contribution in [-0.4, -0.2) is 34.1 Å². The number of nitrogen functional groups attached to an aromatic ring is 1. The predicted molar refractivity (Wildman–Crippen MR) is 76.2 cm³/mol. The molecule has 2 unspecified atom stereocenters. The summed E-state index contributed by atoms with van der Waals surface area (Å²) in [6.07, 6.45) is 3.64. The first-order valence-electron chi connectivity index (χ1n) is 6.28. The molecular formula is C12H20N4OS. The van der Waals surface area contributed by atoms with Crippen LogP contribution in [-0.2, 0) is 0 Å². The van der Waals surface area contributed by atoms with Gasteiger partial charge in [-0.15, -0.1) is 0 Å². The highest BCUT2D eigenvalue weighted by atomic mass is 32.2. The standard InChI is InChI=1S/C12H20N4OS/c1-3-18-9-5-4-8(6-9)14-10-7-11(17-2)16-12(13)15-10/h7-9H,3-6H2,1-2H3,(H3,13,14,15,16). The number of methoxy groups -OCH3 is 1. The van der Waals surface area contributed by atoms with Gasteiger partial charge < -0.3 is 15.8 Å². The summed E-state index contributed by atoms with van der Waals surface area (Å²) in [5.41, 5.74) is 5.64. The van der Waals surface area contributed by atoms with Crippen LogP contribution in [0.3, 0.4) is 0 Å². The minimum absolute atomic E-state index is 0.245. The number of thioether (sulfide) groups is 1. The van der Waals surface area contributed by atoms with E-state index in [0.29, 0.717) is 11.9 Å². The number of aromatic nitrogens is 2. The smallest absolute Gasteiger partial charge is 0.225 e. The summed E-state index contributed by atoms with van der Waals surface area (Å²) in [4.78, 5) is 8.16. The Balaban J connectivity index is 1.95. The molecule has 3 N–H and O–H groups in total. The fourth-order valence-corrected chi connectivity index (χ4v) is 3.43. The Bertz CT molecular complexity index is 402. The molecule has 6 heteroatoms. The molecule has 1 aromatic rings. The molecule has 1 saturated carbocycles. The quantitative estimate of drug-likeness (QED) is 0.852. The number of hydrogen-bond acceptors (Lipinski definition) is 6. The van der Waals surface area contributed by atoms with Gasteiger partial charge >= 0.3 is 0 Å². The molecule has 18 heavy (non-hydrogen) atoms. The molecule has 0 amide bonds. The van der Waals surface area contributed by atoms with Crippen LogP contribution in [0.2, 0.25) is 0 Å². The normalized spacial score (nSPS) is 23.0. The van der Waals surface area contributed by atoms with E-state index in [0.717, 1.165) is 11.1 Å². The van der Waals surface area contributed by atoms with Crippen LogP contribution in [0.25, 0.3) is 0 Å². The van der Waals surface area contributed by atoms with Gasteiger partial charge in [-0.2, -0.15) is 21.7 Å². The van der Waals surface area contributed by atoms with E-state index in [2.05, 4.69) is 22.2 Å². The van der Waals surface area contributed by atoms with Gasteiger partial charge in [-0.1, -0.05) is 6.92 Å². The van der Waals surface area contributed by atoms with Crippen LogP contribution >= 0.6 is 11.8 Å². The average molecular weight is 268 g/mol. The van der Waals surface area contributed by atoms with Gasteiger partial charge in [0.15, 0.2) is 0 Å². The molecule has 0 aromatic carbocycles. The Hall–Kier alpha value is -1.17. The predicted octanol–water partition coefficient (Wildman–Crippen LogP) is 2.15. The van der Waals surface area contributed by atoms with E-state index < -0.39 is 0 Å². The highest BCUT2D eigenvalue weighted by molar-refractivity contribution is 7.99. The summed E-state index contributed by atoms with van der Waals surface area (Å²) in [6, 6.07) is 2.27. The molecule has 5 nitrogen and oxygen atoms in total. The molecule has 2 atom stereocenters. The molecule has 0 saturated heterocycles. The summed E-state index contributed by atoms with van der Waals surface area (Å²) in [6.45, 7) is 2.21. The Morgan fingerprint density at radius 2 is 2.33 bits per heavy atom. The first-order chi connectivity index (χ1) is 8.71. The van der Waals surface area contributed by atoms with E-state index in [9.17, 15) is 0 Å². The molecule has 0 spiro atoms. The first-order valence-corrected chi connectivity index (χ1v) is 7.32. The number of hydrogen-bond donors (Lipinski definition) is 2. The molecule has 1 aromatic heterocycles. The van der Waals surface area contributed by atoms with Crippen LogP contribution < -0.4 is 15.8 Å². The number of nitrogens with zero attached hydrogens (tertiary/aromatic N) is 2. The number of nitrogens with one attached hydrogen (secondary N) is 1. The highest BCUT2D eigenvalue weighted by Gasteiger charge is 2.24. The molecule has 1 heterocycles. The molecule has 1 aliphatic rings. The van der Waals surface area contributed by atoms with Crippen molar-refractivity contribution in [2.24, 2.45) is 0 Å². The van der Waals surface area contributed by atoms with Crippen molar-refractivity contribution in [2.45, 2.75) is 37.5 Å². The third-order valence-electron chi connectivity index (χ3n) is 3.07. The van der Waals surface area contributed by atoms with Crippen LogP contribution in [0.15, 0.2) is 6.07 Å². The van der Waals surface area contributed by atoms with Gasteiger partial charge in [-0.3, -0.25) is 0 Å². The summed E-state index contributed by atoms with van der Waals surface area (Å²) in [5.74, 6) is 2.69. The minimum atomic E-state index is 0.245. The number of ether oxygens (including phenoxy) is 1. The zero-order chi connectivity index (χ0) is 13.0. The number of rotatable bonds is 5. The van der Waals surface area contributed by atoms with E-state index in [4.69, 9.17) is 10.5 Å². The average Bonchev–Trinajstić information content (AvgIpc) is 2.76. The Kier molecular flexibility index (Phi) is 4.52. The van der Waals surface area contributed by atoms with Gasteiger partial charge in [-0.25, -0.2) is 0 Å². The molecule has 100 valence electrons. The van der Waals surface area contributed by atoms with E-state index in [-0.39, 0.29) is 5.95 Å². The van der Waals surface area contributed by atoms with Gasteiger partial charge in [0, 0.05) is 17.4 Å². The lowest BCUT2D eigenvalue weighted by molar-refractivity contribution is 0.398. The van der Waals surface area contributed by atoms with Crippen molar-refractivity contribution in [3.63, 3.8) is 0 Å². The summed E-state index contributed by atoms with van der Waals surface area (Å²) < 4.78 is 5.08. The van der Waals surface area contributed by atoms with Crippen molar-refractivity contribution in [3.8, 4) is 5.88 Å². The lowest BCUT2D eigenvalue weighted by Gasteiger charge is -2.14. The minimum Gasteiger partial charge on any atom is -0.481 e. The largest absolute Gasteiger partial charge is 0.481 e. The zero-order valence-electron chi connectivity index (χ0n) is 10.8. The van der Waals surface area contributed by atoms with Crippen molar-refractivity contribution < 1.29 is 4.74 Å². The first kappa shape index (κ1) is 13.3. The molecule has 1 aliphatic carbocycles. The van der Waals surface area contributed by atoms with E-state index >= 15 is 0 Å². The van der Waals surface area contributed by atoms with Gasteiger partial charge in [0.05, 0.1) is 7.11 Å². The van der Waals surface area contributed by atoms with E-state index in [1.165, 1.54) is 25.0 Å². The van der Waals surface area contributed by atoms with Crippen molar-refractivity contribution in [2.75, 3.05) is 23.9 Å². The maximum absolute atomic E-state index is 5.64. The van der Waals surface area contributed by atoms with Crippen molar-refractivity contribution in [1.82, 2.24) is 9.97 Å². The van der Waals surface area contributed by atoms with Crippen LogP contribution in [0.1, 0.15) is 26.2 Å². The topological polar surface area (TPSA) is 73.1 Å². The summed E-state index contributed by atoms with van der Waals surface area (Å²) in [7, 11) is 1.58. The summed E-state index contributed by atoms with van der Waals surface area (Å²) in [5, 5.41) is 4.19. The second kappa shape index (κ2) is 6.13. The Morgan fingerprint density at radius 1 is 1.50 bits per heavy atom. The lowest BCUT2D eigenvalue weighted by atomic mass is 10.2. The van der Waals surface area contributed by atoms with Crippen LogP contribution in [0, 0.1) is 0 Å². The Morgan fingerprint density at radius 3 is 3.06 bits per heavy atom. The highest BCUT2D eigenvalue weighted by Crippen LogP contribution is 2.31. The third kappa shape index (κ3) is 3.41. The van der Waals surface area contributed by atoms with Crippen molar-refractivity contribution >= 4 is 23.5 Å². The van der Waals surface area contributed by atoms with Crippen LogP contribution in [0.5, 0.6) is 5.88 Å². The fraction of sp³-hybridized carbons (Fsp3) is 0.667. The second-order valence-corrected chi connectivity index (χ2v) is 5.96. The molecule has 0 bridgehead atoms. The maximum atomic E-state index is 5.64. The molecule has 0 radical (unpaired) electrons. The fourth-order valence-electron chi connectivity index (χ4n) is 2.29. The number of nitrogens with two attached hydrogens (primary N) is 1. The second-order valence-electron chi connectivity index (χ2n) is 4.39. The molecule has 0 aliphatic heterocycles. The van der Waals surface area contributed by atoms with E-state index in [1.54, 1.807) is 13.2 Å². The van der Waals surface area contributed by atoms with E-state index in [1.807, 2.05) is 11.8 Å². The Labute approximate surface area is 112 Å². The lowest BCUT2D eigenvalue weighted by Crippen LogP contribution is -2.17. The molecular weight excluding hydrogens is 248 g/mol. The third-order valence-corrected chi connectivity index (χ3v) is 4.30. The monoisotopic (exact) mass is 268 g/mol. The molecule has 2 rings (SSSR count).